The number of rotatable bonds is 9. The summed E-state index contributed by atoms with van der Waals surface area (Å²) in [5, 5.41) is 64.0. The van der Waals surface area contributed by atoms with E-state index in [0.717, 1.165) is 183 Å². The monoisotopic (exact) mass is 1920 g/mol. The van der Waals surface area contributed by atoms with Gasteiger partial charge in [-0.05, 0) is 269 Å². The van der Waals surface area contributed by atoms with E-state index in [0.29, 0.717) is 68.1 Å². The van der Waals surface area contributed by atoms with Crippen LogP contribution >= 0.6 is 0 Å². The number of benzene rings is 18. The third-order valence-corrected chi connectivity index (χ3v) is 25.5. The molecule has 12 aromatic carbocycles. The van der Waals surface area contributed by atoms with Gasteiger partial charge in [-0.2, -0.15) is 0 Å². The number of aromatic hydroxyl groups is 6. The predicted octanol–water partition coefficient (Wildman–Crippen LogP) is 27.8. The molecule has 0 saturated heterocycles. The zero-order valence-corrected chi connectivity index (χ0v) is 80.1. The Balaban J connectivity index is 0.000000110. The van der Waals surface area contributed by atoms with Crippen LogP contribution in [0.25, 0.3) is 201 Å². The summed E-state index contributed by atoms with van der Waals surface area (Å²) < 4.78 is 51.6. The highest BCUT2D eigenvalue weighted by atomic mass is 16.5. The Kier molecular flexibility index (Phi) is 26.0. The van der Waals surface area contributed by atoms with Gasteiger partial charge >= 0.3 is 0 Å². The lowest BCUT2D eigenvalue weighted by molar-refractivity contribution is 0.414. The summed E-state index contributed by atoms with van der Waals surface area (Å²) >= 11 is 0. The summed E-state index contributed by atoms with van der Waals surface area (Å²) in [6.07, 6.45) is 0. The van der Waals surface area contributed by atoms with Crippen molar-refractivity contribution in [2.75, 3.05) is 21.3 Å². The highest BCUT2D eigenvalue weighted by Crippen LogP contribution is 2.51. The van der Waals surface area contributed by atoms with Crippen molar-refractivity contribution in [3.63, 3.8) is 0 Å². The second kappa shape index (κ2) is 39.7. The molecule has 0 radical (unpaired) electrons. The van der Waals surface area contributed by atoms with Crippen LogP contribution in [0.15, 0.2) is 395 Å². The molecule has 12 aliphatic rings. The zero-order valence-electron chi connectivity index (χ0n) is 80.1. The van der Waals surface area contributed by atoms with Crippen molar-refractivity contribution < 1.29 is 71.4 Å². The number of hydrogen-bond donors (Lipinski definition) is 6. The molecule has 0 atom stereocenters. The van der Waals surface area contributed by atoms with Gasteiger partial charge in [-0.1, -0.05) is 108 Å². The number of phenolic OH excluding ortho intramolecular Hbond substituents is 6. The Morgan fingerprint density at radius 3 is 0.759 bits per heavy atom. The molecule has 0 bridgehead atoms. The second-order valence-electron chi connectivity index (χ2n) is 35.4. The van der Waals surface area contributed by atoms with E-state index < -0.39 is 0 Å². The number of methoxy groups -OCH3 is 3. The third kappa shape index (κ3) is 19.3. The van der Waals surface area contributed by atoms with Crippen molar-refractivity contribution >= 4 is 65.8 Å². The molecular formula is C124H92O21. The molecule has 21 heteroatoms. The average molecular weight is 1920 g/mol. The minimum absolute atomic E-state index is 0.0994. The van der Waals surface area contributed by atoms with Crippen LogP contribution in [0.1, 0.15) is 38.9 Å². The topological polar surface area (TPSA) is 330 Å². The van der Waals surface area contributed by atoms with E-state index in [1.165, 1.54) is 60.2 Å². The minimum atomic E-state index is -0.128. The Morgan fingerprint density at radius 1 is 0.186 bits per heavy atom. The molecule has 24 rings (SSSR count). The van der Waals surface area contributed by atoms with Crippen molar-refractivity contribution in [1.82, 2.24) is 0 Å². The number of hydrogen-bond acceptors (Lipinski definition) is 21. The first-order chi connectivity index (χ1) is 70.0. The molecule has 714 valence electrons. The van der Waals surface area contributed by atoms with Crippen LogP contribution in [0.3, 0.4) is 0 Å². The fourth-order valence-corrected chi connectivity index (χ4v) is 18.8. The summed E-state index contributed by atoms with van der Waals surface area (Å²) in [6, 6.07) is 99.3. The maximum atomic E-state index is 11.8. The summed E-state index contributed by atoms with van der Waals surface area (Å²) in [5.41, 5.74) is 27.6. The summed E-state index contributed by atoms with van der Waals surface area (Å²) in [5.74, 6) is 6.00. The van der Waals surface area contributed by atoms with Gasteiger partial charge in [0, 0.05) is 183 Å². The normalized spacial score (nSPS) is 11.2. The van der Waals surface area contributed by atoms with Gasteiger partial charge in [-0.15, -0.1) is 0 Å². The lowest BCUT2D eigenvalue weighted by atomic mass is 9.90. The molecule has 0 saturated carbocycles. The molecule has 0 amide bonds. The second-order valence-corrected chi connectivity index (χ2v) is 35.4. The summed E-state index contributed by atoms with van der Waals surface area (Å²) in [6.45, 7) is 14.4. The standard InChI is InChI=1S/2C21H16O4.2C21H16O3.C20H14O4.C20H14O3/c1-12-3-8-18(24-2)17(9-12)21-15-6-4-13(22)10-19(15)25-20-11-14(23)5-7-16(20)21;1-12-9-15(24-2)5-8-16(12)21-17-6-3-13(22)10-19(17)25-20-11-14(23)4-7-18(20)21;1-12-3-6-16(13(2)9-12)21-17-7-4-14(22)10-19(17)24-20-11-15(23)5-8-18(20)21;1-12-3-4-13(2)18(9-12)21-16-7-5-14(22)10-19(16)24-20-11-15(23)6-8-17(20)21;1-23-17-5-3-2-4-14(17)20-15-8-6-12(21)10-18(15)24-19-11-13(22)7-9-16(19)20;1-12-4-2-3-5-15(12)20-16-8-6-13(21)10-18(16)23-19-11-14(22)7-9-17(19)20/h2*3-11,22H,1-2H3;2*3-11,22H,1-2H3;2-11,21H,1H3;2-11,21H,1H3. The Bertz CT molecular complexity index is 9370. The van der Waals surface area contributed by atoms with Crippen LogP contribution in [-0.2, 0) is 0 Å². The molecule has 0 fully saturated rings. The van der Waals surface area contributed by atoms with E-state index in [-0.39, 0.29) is 67.1 Å². The van der Waals surface area contributed by atoms with Crippen molar-refractivity contribution in [3.8, 4) is 186 Å². The highest BCUT2D eigenvalue weighted by molar-refractivity contribution is 6.09. The number of para-hydroxylation sites is 1. The maximum Gasteiger partial charge on any atom is 0.182 e. The van der Waals surface area contributed by atoms with E-state index in [4.69, 9.17) is 40.7 Å². The first-order valence-electron chi connectivity index (χ1n) is 46.3. The summed E-state index contributed by atoms with van der Waals surface area (Å²) in [7, 11) is 4.89. The van der Waals surface area contributed by atoms with Gasteiger partial charge in [0.1, 0.15) is 120 Å². The molecule has 0 spiro atoms. The molecule has 6 heterocycles. The summed E-state index contributed by atoms with van der Waals surface area (Å²) in [4.78, 5) is 70.4. The molecule has 6 aliphatic carbocycles. The average Bonchev–Trinajstić information content (AvgIpc) is 0.772. The molecular weight excluding hydrogens is 1830 g/mol. The van der Waals surface area contributed by atoms with Gasteiger partial charge in [0.25, 0.3) is 0 Å². The van der Waals surface area contributed by atoms with Crippen LogP contribution in [0, 0.1) is 48.5 Å². The molecule has 0 aromatic heterocycles. The number of ether oxygens (including phenoxy) is 3. The Labute approximate surface area is 828 Å². The number of aryl methyl sites for hydroxylation is 7. The van der Waals surface area contributed by atoms with Gasteiger partial charge in [0.15, 0.2) is 32.6 Å². The number of fused-ring (bicyclic) bond motifs is 12. The minimum Gasteiger partial charge on any atom is -0.508 e. The van der Waals surface area contributed by atoms with Crippen LogP contribution in [0.5, 0.6) is 51.7 Å². The van der Waals surface area contributed by atoms with E-state index in [1.54, 1.807) is 143 Å². The van der Waals surface area contributed by atoms with Gasteiger partial charge < -0.3 is 71.4 Å². The molecule has 6 aliphatic heterocycles. The maximum absolute atomic E-state index is 11.8. The van der Waals surface area contributed by atoms with E-state index in [9.17, 15) is 59.4 Å². The molecule has 145 heavy (non-hydrogen) atoms. The quantitative estimate of drug-likeness (QED) is 0.0731. The lowest BCUT2D eigenvalue weighted by Gasteiger charge is -2.17. The van der Waals surface area contributed by atoms with Crippen molar-refractivity contribution in [2.45, 2.75) is 48.5 Å². The molecule has 0 unspecified atom stereocenters. The van der Waals surface area contributed by atoms with Gasteiger partial charge in [0.05, 0.1) is 21.3 Å². The van der Waals surface area contributed by atoms with Crippen LogP contribution in [0.4, 0.5) is 0 Å². The Hall–Kier alpha value is -19.0. The number of phenols is 6. The smallest absolute Gasteiger partial charge is 0.182 e. The van der Waals surface area contributed by atoms with E-state index in [2.05, 4.69) is 83.1 Å². The van der Waals surface area contributed by atoms with Crippen LogP contribution < -0.4 is 46.8 Å². The largest absolute Gasteiger partial charge is 0.508 e. The first-order valence-corrected chi connectivity index (χ1v) is 46.3. The highest BCUT2D eigenvalue weighted by Gasteiger charge is 2.28. The fourth-order valence-electron chi connectivity index (χ4n) is 18.8. The van der Waals surface area contributed by atoms with Gasteiger partial charge in [0.2, 0.25) is 0 Å². The lowest BCUT2D eigenvalue weighted by Crippen LogP contribution is -2.00. The van der Waals surface area contributed by atoms with E-state index in [1.807, 2.05) is 129 Å². The van der Waals surface area contributed by atoms with E-state index >= 15 is 0 Å². The van der Waals surface area contributed by atoms with Crippen molar-refractivity contribution in [3.05, 3.63) is 440 Å². The van der Waals surface area contributed by atoms with Crippen LogP contribution in [-0.4, -0.2) is 52.0 Å². The molecule has 12 aromatic rings. The Morgan fingerprint density at radius 2 is 0.434 bits per heavy atom. The van der Waals surface area contributed by atoms with Gasteiger partial charge in [-0.3, -0.25) is 28.8 Å². The van der Waals surface area contributed by atoms with Gasteiger partial charge in [-0.25, -0.2) is 0 Å². The van der Waals surface area contributed by atoms with Crippen molar-refractivity contribution in [2.24, 2.45) is 0 Å². The fraction of sp³-hybridized carbons (Fsp3) is 0.0806. The third-order valence-electron chi connectivity index (χ3n) is 25.5. The molecule has 21 nitrogen and oxygen atoms in total. The predicted molar refractivity (Wildman–Crippen MR) is 570 cm³/mol. The first kappa shape index (κ1) is 94.9. The molecule has 6 N–H and O–H groups in total. The SMILES string of the molecule is COc1ccc(-c2c3ccc(=O)cc-3oc3cc(O)ccc23)c(C)c1.COc1ccc(C)cc1-c1c2ccc(=O)cc-2oc2cc(O)ccc12.COc1ccccc1-c1c2ccc(=O)cc-2oc2cc(O)ccc12.Cc1ccc(-c2c3ccc(=O)cc-3oc3cc(O)ccc23)c(C)c1.Cc1ccc(C)c(-c2c3ccc(=O)cc-3oc3cc(O)ccc23)c1.Cc1ccccc1-c1c2ccc(=O)cc-2oc2cc(O)ccc12. The van der Waals surface area contributed by atoms with Crippen LogP contribution in [0.2, 0.25) is 0 Å². The zero-order chi connectivity index (χ0) is 101. The van der Waals surface area contributed by atoms with Crippen molar-refractivity contribution in [1.29, 1.82) is 0 Å².